The highest BCUT2D eigenvalue weighted by atomic mass is 35.5. The van der Waals surface area contributed by atoms with Crippen LogP contribution in [-0.2, 0) is 4.79 Å². The fraction of sp³-hybridized carbons (Fsp3) is 0.444. The number of carbonyl (C=O) groups is 1. The molecule has 0 aliphatic heterocycles. The van der Waals surface area contributed by atoms with Crippen molar-refractivity contribution >= 4 is 17.4 Å². The predicted molar refractivity (Wildman–Crippen MR) is 48.9 cm³/mol. The zero-order valence-electron chi connectivity index (χ0n) is 7.15. The summed E-state index contributed by atoms with van der Waals surface area (Å²) >= 11 is 5.72. The van der Waals surface area contributed by atoms with Gasteiger partial charge in [-0.25, -0.2) is 0 Å². The molecule has 0 radical (unpaired) electrons. The van der Waals surface area contributed by atoms with E-state index in [0.29, 0.717) is 5.57 Å². The van der Waals surface area contributed by atoms with Crippen LogP contribution >= 0.6 is 11.6 Å². The predicted octanol–water partition coefficient (Wildman–Crippen LogP) is 2.71. The summed E-state index contributed by atoms with van der Waals surface area (Å²) in [7, 11) is 0. The SMILES string of the molecule is C=C(C)C(Cl)C(=O)C=C(C)C. The molecule has 0 heterocycles. The van der Waals surface area contributed by atoms with Gasteiger partial charge in [-0.3, -0.25) is 4.79 Å². The van der Waals surface area contributed by atoms with E-state index in [9.17, 15) is 4.79 Å². The zero-order chi connectivity index (χ0) is 9.02. The van der Waals surface area contributed by atoms with Crippen molar-refractivity contribution in [3.8, 4) is 0 Å². The summed E-state index contributed by atoms with van der Waals surface area (Å²) < 4.78 is 0. The second kappa shape index (κ2) is 4.35. The number of carbonyl (C=O) groups excluding carboxylic acids is 1. The second-order valence-corrected chi connectivity index (χ2v) is 3.27. The van der Waals surface area contributed by atoms with E-state index in [1.165, 1.54) is 6.08 Å². The van der Waals surface area contributed by atoms with Crippen molar-refractivity contribution < 1.29 is 4.79 Å². The topological polar surface area (TPSA) is 17.1 Å². The fourth-order valence-electron chi connectivity index (χ4n) is 0.601. The fourth-order valence-corrected chi connectivity index (χ4v) is 0.664. The highest BCUT2D eigenvalue weighted by molar-refractivity contribution is 6.34. The second-order valence-electron chi connectivity index (χ2n) is 2.83. The molecule has 0 aromatic rings. The summed E-state index contributed by atoms with van der Waals surface area (Å²) in [6.45, 7) is 9.07. The number of rotatable bonds is 3. The van der Waals surface area contributed by atoms with Crippen LogP contribution in [0.2, 0.25) is 0 Å². The number of halogens is 1. The van der Waals surface area contributed by atoms with E-state index < -0.39 is 5.38 Å². The van der Waals surface area contributed by atoms with Crippen molar-refractivity contribution in [1.29, 1.82) is 0 Å². The Kier molecular flexibility index (Phi) is 4.12. The van der Waals surface area contributed by atoms with E-state index in [1.54, 1.807) is 6.92 Å². The van der Waals surface area contributed by atoms with Crippen molar-refractivity contribution in [3.05, 3.63) is 23.8 Å². The van der Waals surface area contributed by atoms with Gasteiger partial charge in [-0.05, 0) is 26.8 Å². The molecular weight excluding hydrogens is 160 g/mol. The van der Waals surface area contributed by atoms with Crippen molar-refractivity contribution in [1.82, 2.24) is 0 Å². The normalized spacial score (nSPS) is 12.0. The Balaban J connectivity index is 4.27. The zero-order valence-corrected chi connectivity index (χ0v) is 7.90. The number of alkyl halides is 1. The number of ketones is 1. The van der Waals surface area contributed by atoms with Crippen molar-refractivity contribution in [2.24, 2.45) is 0 Å². The average molecular weight is 173 g/mol. The maximum absolute atomic E-state index is 11.1. The molecule has 0 saturated heterocycles. The van der Waals surface area contributed by atoms with Gasteiger partial charge in [0.15, 0.2) is 5.78 Å². The first-order valence-corrected chi connectivity index (χ1v) is 3.87. The Morgan fingerprint density at radius 1 is 1.45 bits per heavy atom. The van der Waals surface area contributed by atoms with Gasteiger partial charge in [0, 0.05) is 0 Å². The van der Waals surface area contributed by atoms with E-state index in [4.69, 9.17) is 11.6 Å². The van der Waals surface area contributed by atoms with Gasteiger partial charge in [0.2, 0.25) is 0 Å². The summed E-state index contributed by atoms with van der Waals surface area (Å²) in [5, 5.41) is -0.565. The highest BCUT2D eigenvalue weighted by Gasteiger charge is 2.12. The summed E-state index contributed by atoms with van der Waals surface area (Å²) in [5.74, 6) is -0.0841. The lowest BCUT2D eigenvalue weighted by atomic mass is 10.1. The molecule has 0 aromatic carbocycles. The number of allylic oxidation sites excluding steroid dienone is 3. The summed E-state index contributed by atoms with van der Waals surface area (Å²) in [5.41, 5.74) is 1.65. The van der Waals surface area contributed by atoms with E-state index in [1.807, 2.05) is 13.8 Å². The Labute approximate surface area is 72.7 Å². The molecule has 1 unspecified atom stereocenters. The van der Waals surface area contributed by atoms with Crippen LogP contribution in [0.3, 0.4) is 0 Å². The average Bonchev–Trinajstić information content (AvgIpc) is 1.84. The van der Waals surface area contributed by atoms with Gasteiger partial charge in [-0.15, -0.1) is 11.6 Å². The standard InChI is InChI=1S/C9H13ClO/c1-6(2)5-8(11)9(10)7(3)4/h5,9H,3H2,1-2,4H3. The van der Waals surface area contributed by atoms with Gasteiger partial charge >= 0.3 is 0 Å². The van der Waals surface area contributed by atoms with Crippen molar-refractivity contribution in [3.63, 3.8) is 0 Å². The lowest BCUT2D eigenvalue weighted by Crippen LogP contribution is -2.12. The van der Waals surface area contributed by atoms with E-state index >= 15 is 0 Å². The first kappa shape index (κ1) is 10.4. The van der Waals surface area contributed by atoms with Crippen LogP contribution in [0.25, 0.3) is 0 Å². The minimum Gasteiger partial charge on any atom is -0.293 e. The number of hydrogen-bond acceptors (Lipinski definition) is 1. The summed E-state index contributed by atoms with van der Waals surface area (Å²) in [4.78, 5) is 11.1. The smallest absolute Gasteiger partial charge is 0.177 e. The molecule has 62 valence electrons. The third kappa shape index (κ3) is 3.99. The summed E-state index contributed by atoms with van der Waals surface area (Å²) in [6, 6.07) is 0. The molecule has 0 spiro atoms. The maximum Gasteiger partial charge on any atom is 0.177 e. The van der Waals surface area contributed by atoms with Gasteiger partial charge in [-0.2, -0.15) is 0 Å². The van der Waals surface area contributed by atoms with Crippen LogP contribution in [0.5, 0.6) is 0 Å². The minimum atomic E-state index is -0.565. The van der Waals surface area contributed by atoms with Crippen LogP contribution in [0.1, 0.15) is 20.8 Å². The molecule has 0 saturated carbocycles. The van der Waals surface area contributed by atoms with Gasteiger partial charge in [0.25, 0.3) is 0 Å². The van der Waals surface area contributed by atoms with Crippen molar-refractivity contribution in [2.45, 2.75) is 26.1 Å². The number of hydrogen-bond donors (Lipinski definition) is 0. The maximum atomic E-state index is 11.1. The van der Waals surface area contributed by atoms with Crippen LogP contribution in [0.4, 0.5) is 0 Å². The molecule has 2 heteroatoms. The molecule has 0 N–H and O–H groups in total. The molecule has 0 bridgehead atoms. The first-order valence-electron chi connectivity index (χ1n) is 3.43. The van der Waals surface area contributed by atoms with Crippen LogP contribution < -0.4 is 0 Å². The van der Waals surface area contributed by atoms with E-state index in [2.05, 4.69) is 6.58 Å². The Bertz CT molecular complexity index is 200. The molecule has 0 aliphatic carbocycles. The molecule has 0 rings (SSSR count). The van der Waals surface area contributed by atoms with Crippen LogP contribution in [0.15, 0.2) is 23.8 Å². The van der Waals surface area contributed by atoms with Crippen molar-refractivity contribution in [2.75, 3.05) is 0 Å². The van der Waals surface area contributed by atoms with Gasteiger partial charge in [-0.1, -0.05) is 17.7 Å². The first-order chi connectivity index (χ1) is 4.95. The molecule has 0 aliphatic rings. The van der Waals surface area contributed by atoms with E-state index in [0.717, 1.165) is 5.57 Å². The molecule has 0 fully saturated rings. The van der Waals surface area contributed by atoms with Gasteiger partial charge < -0.3 is 0 Å². The lowest BCUT2D eigenvalue weighted by Gasteiger charge is -2.03. The third-order valence-electron chi connectivity index (χ3n) is 1.11. The molecule has 11 heavy (non-hydrogen) atoms. The Morgan fingerprint density at radius 2 is 1.91 bits per heavy atom. The van der Waals surface area contributed by atoms with Crippen LogP contribution in [-0.4, -0.2) is 11.2 Å². The monoisotopic (exact) mass is 172 g/mol. The Hall–Kier alpha value is -0.560. The highest BCUT2D eigenvalue weighted by Crippen LogP contribution is 2.09. The lowest BCUT2D eigenvalue weighted by molar-refractivity contribution is -0.113. The Morgan fingerprint density at radius 3 is 2.18 bits per heavy atom. The summed E-state index contributed by atoms with van der Waals surface area (Å²) in [6.07, 6.45) is 1.53. The molecule has 0 amide bonds. The molecule has 1 atom stereocenters. The molecule has 0 aromatic heterocycles. The largest absolute Gasteiger partial charge is 0.293 e. The van der Waals surface area contributed by atoms with Crippen LogP contribution in [0, 0.1) is 0 Å². The molecule has 1 nitrogen and oxygen atoms in total. The van der Waals surface area contributed by atoms with Gasteiger partial charge in [0.05, 0.1) is 0 Å². The van der Waals surface area contributed by atoms with Gasteiger partial charge in [0.1, 0.15) is 5.38 Å². The van der Waals surface area contributed by atoms with E-state index in [-0.39, 0.29) is 5.78 Å². The minimum absolute atomic E-state index is 0.0841. The quantitative estimate of drug-likeness (QED) is 0.364. The molecular formula is C9H13ClO. The third-order valence-corrected chi connectivity index (χ3v) is 1.70.